The molecule has 10 aromatic rings. The zero-order chi connectivity index (χ0) is 35.3. The van der Waals surface area contributed by atoms with Crippen molar-refractivity contribution in [1.82, 2.24) is 9.97 Å². The van der Waals surface area contributed by atoms with Crippen LogP contribution in [0.2, 0.25) is 13.1 Å². The van der Waals surface area contributed by atoms with Gasteiger partial charge in [0.25, 0.3) is 0 Å². The molecule has 0 N–H and O–H groups in total. The molecule has 0 amide bonds. The van der Waals surface area contributed by atoms with Crippen LogP contribution in [0.15, 0.2) is 158 Å². The van der Waals surface area contributed by atoms with Crippen molar-refractivity contribution in [2.75, 3.05) is 0 Å². The van der Waals surface area contributed by atoms with Crippen LogP contribution >= 0.6 is 22.7 Å². The summed E-state index contributed by atoms with van der Waals surface area (Å²) in [5.41, 5.74) is 12.0. The first-order valence-electron chi connectivity index (χ1n) is 18.0. The molecule has 11 rings (SSSR count). The van der Waals surface area contributed by atoms with E-state index in [1.54, 1.807) is 0 Å². The van der Waals surface area contributed by atoms with E-state index in [0.29, 0.717) is 0 Å². The van der Waals surface area contributed by atoms with Gasteiger partial charge < -0.3 is 0 Å². The third-order valence-corrected chi connectivity index (χ3v) is 16.7. The van der Waals surface area contributed by atoms with Crippen LogP contribution in [0.3, 0.4) is 0 Å². The summed E-state index contributed by atoms with van der Waals surface area (Å²) >= 11 is 3.61. The Bertz CT molecular complexity index is 2910. The standard InChI is InChI=1S/C48H32N2S2Si/c1-53(2)45-27-43-41(49-47(51-43)37-15-7-13-33(23-37)35-19-17-29-9-3-5-11-31(29)21-35)25-39(45)40-26-42-44(28-46(40)53)52-48(50-42)38-16-8-14-34(24-38)36-20-18-30-10-4-6-12-32(30)22-36/h3-28H,1-2H3. The molecule has 2 aromatic heterocycles. The highest BCUT2D eigenvalue weighted by atomic mass is 32.1. The highest BCUT2D eigenvalue weighted by molar-refractivity contribution is 7.22. The Labute approximate surface area is 316 Å². The molecule has 5 heteroatoms. The van der Waals surface area contributed by atoms with Gasteiger partial charge in [-0.25, -0.2) is 9.97 Å². The fraction of sp³-hybridized carbons (Fsp3) is 0.0417. The van der Waals surface area contributed by atoms with Gasteiger partial charge in [0.2, 0.25) is 0 Å². The van der Waals surface area contributed by atoms with E-state index in [9.17, 15) is 0 Å². The summed E-state index contributed by atoms with van der Waals surface area (Å²) in [6.07, 6.45) is 0. The normalized spacial score (nSPS) is 13.2. The first-order valence-corrected chi connectivity index (χ1v) is 22.7. The van der Waals surface area contributed by atoms with Crippen LogP contribution in [0.25, 0.3) is 96.5 Å². The predicted octanol–water partition coefficient (Wildman–Crippen LogP) is 12.7. The third-order valence-electron chi connectivity index (χ3n) is 11.1. The maximum absolute atomic E-state index is 5.24. The first kappa shape index (κ1) is 30.9. The van der Waals surface area contributed by atoms with Crippen LogP contribution in [0.4, 0.5) is 0 Å². The quantitative estimate of drug-likeness (QED) is 0.169. The smallest absolute Gasteiger partial charge is 0.124 e. The van der Waals surface area contributed by atoms with Gasteiger partial charge in [0.1, 0.15) is 18.1 Å². The number of benzene rings is 8. The molecule has 0 saturated carbocycles. The lowest BCUT2D eigenvalue weighted by Crippen LogP contribution is -2.49. The Morgan fingerprint density at radius 2 is 0.792 bits per heavy atom. The highest BCUT2D eigenvalue weighted by Gasteiger charge is 2.38. The van der Waals surface area contributed by atoms with Crippen molar-refractivity contribution < 1.29 is 0 Å². The zero-order valence-electron chi connectivity index (χ0n) is 29.2. The molecule has 53 heavy (non-hydrogen) atoms. The van der Waals surface area contributed by atoms with E-state index < -0.39 is 8.07 Å². The molecule has 0 unspecified atom stereocenters. The summed E-state index contributed by atoms with van der Waals surface area (Å²) in [6, 6.07) is 57.8. The molecule has 0 bridgehead atoms. The lowest BCUT2D eigenvalue weighted by Gasteiger charge is -2.18. The average Bonchev–Trinajstić information content (AvgIpc) is 3.88. The molecule has 2 nitrogen and oxygen atoms in total. The van der Waals surface area contributed by atoms with E-state index in [-0.39, 0.29) is 0 Å². The van der Waals surface area contributed by atoms with E-state index in [1.807, 2.05) is 22.7 Å². The Balaban J connectivity index is 0.953. The van der Waals surface area contributed by atoms with E-state index in [4.69, 9.17) is 9.97 Å². The van der Waals surface area contributed by atoms with Crippen molar-refractivity contribution in [3.05, 3.63) is 158 Å². The summed E-state index contributed by atoms with van der Waals surface area (Å²) in [5, 5.41) is 10.2. The molecule has 8 aromatic carbocycles. The van der Waals surface area contributed by atoms with E-state index in [1.165, 1.54) is 74.7 Å². The number of nitrogens with zero attached hydrogens (tertiary/aromatic N) is 2. The molecule has 0 spiro atoms. The van der Waals surface area contributed by atoms with Crippen LogP contribution in [0.1, 0.15) is 0 Å². The number of hydrogen-bond acceptors (Lipinski definition) is 4. The number of rotatable bonds is 4. The maximum atomic E-state index is 5.24. The minimum atomic E-state index is -1.95. The first-order chi connectivity index (χ1) is 25.9. The highest BCUT2D eigenvalue weighted by Crippen LogP contribution is 2.40. The fourth-order valence-corrected chi connectivity index (χ4v) is 13.5. The van der Waals surface area contributed by atoms with Crippen LogP contribution in [-0.4, -0.2) is 18.0 Å². The summed E-state index contributed by atoms with van der Waals surface area (Å²) in [5.74, 6) is 0. The van der Waals surface area contributed by atoms with E-state index in [0.717, 1.165) is 32.2 Å². The lowest BCUT2D eigenvalue weighted by molar-refractivity contribution is 1.47. The molecule has 1 aliphatic rings. The summed E-state index contributed by atoms with van der Waals surface area (Å²) in [7, 11) is -1.95. The van der Waals surface area contributed by atoms with Gasteiger partial charge in [0.15, 0.2) is 0 Å². The van der Waals surface area contributed by atoms with Crippen LogP contribution in [0.5, 0.6) is 0 Å². The second-order valence-electron chi connectivity index (χ2n) is 14.7. The van der Waals surface area contributed by atoms with Gasteiger partial charge in [-0.15, -0.1) is 22.7 Å². The number of thiazole rings is 2. The zero-order valence-corrected chi connectivity index (χ0v) is 31.9. The topological polar surface area (TPSA) is 25.8 Å². The number of fused-ring (bicyclic) bond motifs is 7. The summed E-state index contributed by atoms with van der Waals surface area (Å²) in [4.78, 5) is 10.5. The van der Waals surface area contributed by atoms with Gasteiger partial charge >= 0.3 is 0 Å². The summed E-state index contributed by atoms with van der Waals surface area (Å²) in [6.45, 7) is 5.00. The van der Waals surface area contributed by atoms with Crippen LogP contribution in [-0.2, 0) is 0 Å². The maximum Gasteiger partial charge on any atom is 0.124 e. The third kappa shape index (κ3) is 5.03. The van der Waals surface area contributed by atoms with Crippen molar-refractivity contribution in [3.63, 3.8) is 0 Å². The molecule has 0 fully saturated rings. The summed E-state index contributed by atoms with van der Waals surface area (Å²) < 4.78 is 2.52. The predicted molar refractivity (Wildman–Crippen MR) is 232 cm³/mol. The fourth-order valence-electron chi connectivity index (χ4n) is 8.22. The van der Waals surface area contributed by atoms with Crippen molar-refractivity contribution in [2.24, 2.45) is 0 Å². The molecule has 0 atom stereocenters. The van der Waals surface area contributed by atoms with Crippen LogP contribution in [0, 0.1) is 0 Å². The van der Waals surface area contributed by atoms with Crippen molar-refractivity contribution >= 4 is 83.1 Å². The molecular weight excluding hydrogens is 697 g/mol. The van der Waals surface area contributed by atoms with Gasteiger partial charge in [0, 0.05) is 11.1 Å². The average molecular weight is 729 g/mol. The minimum absolute atomic E-state index is 1.07. The molecule has 0 aliphatic carbocycles. The van der Waals surface area contributed by atoms with Crippen molar-refractivity contribution in [2.45, 2.75) is 13.1 Å². The monoisotopic (exact) mass is 728 g/mol. The second-order valence-corrected chi connectivity index (χ2v) is 21.1. The molecular formula is C48H32N2S2Si. The molecule has 250 valence electrons. The molecule has 0 radical (unpaired) electrons. The Hall–Kier alpha value is -5.72. The Kier molecular flexibility index (Phi) is 6.78. The Morgan fingerprint density at radius 3 is 1.26 bits per heavy atom. The van der Waals surface area contributed by atoms with Crippen molar-refractivity contribution in [3.8, 4) is 54.5 Å². The molecule has 1 aliphatic heterocycles. The van der Waals surface area contributed by atoms with Gasteiger partial charge in [0.05, 0.1) is 20.4 Å². The van der Waals surface area contributed by atoms with Gasteiger partial charge in [-0.2, -0.15) is 0 Å². The number of aromatic nitrogens is 2. The van der Waals surface area contributed by atoms with E-state index in [2.05, 4.69) is 171 Å². The number of hydrogen-bond donors (Lipinski definition) is 0. The van der Waals surface area contributed by atoms with Crippen LogP contribution < -0.4 is 10.4 Å². The lowest BCUT2D eigenvalue weighted by atomic mass is 10.00. The molecule has 3 heterocycles. The van der Waals surface area contributed by atoms with Gasteiger partial charge in [-0.1, -0.05) is 122 Å². The largest absolute Gasteiger partial charge is 0.236 e. The SMILES string of the molecule is C[Si]1(C)c2cc3sc(-c4cccc(-c5ccc6ccccc6c5)c4)nc3cc2-c2cc3nc(-c4cccc(-c5ccc6ccccc6c5)c4)sc3cc21. The molecule has 0 saturated heterocycles. The Morgan fingerprint density at radius 1 is 0.377 bits per heavy atom. The van der Waals surface area contributed by atoms with Gasteiger partial charge in [-0.3, -0.25) is 0 Å². The van der Waals surface area contributed by atoms with Gasteiger partial charge in [-0.05, 0) is 114 Å². The second kappa shape index (κ2) is 11.6. The van der Waals surface area contributed by atoms with Crippen molar-refractivity contribution in [1.29, 1.82) is 0 Å². The van der Waals surface area contributed by atoms with E-state index >= 15 is 0 Å². The minimum Gasteiger partial charge on any atom is -0.236 e.